The minimum absolute atomic E-state index is 0.279. The van der Waals surface area contributed by atoms with Gasteiger partial charge in [0.15, 0.2) is 5.82 Å². The molecule has 2 aromatic carbocycles. The van der Waals surface area contributed by atoms with Crippen molar-refractivity contribution in [3.05, 3.63) is 62.6 Å². The Labute approximate surface area is 243 Å². The quantitative estimate of drug-likeness (QED) is 0.157. The van der Waals surface area contributed by atoms with Crippen LogP contribution in [0.5, 0.6) is 11.5 Å². The average molecular weight is 590 g/mol. The molecule has 0 saturated carbocycles. The predicted molar refractivity (Wildman–Crippen MR) is 160 cm³/mol. The van der Waals surface area contributed by atoms with E-state index in [-0.39, 0.29) is 6.61 Å². The highest BCUT2D eigenvalue weighted by molar-refractivity contribution is 6.36. The van der Waals surface area contributed by atoms with Gasteiger partial charge in [0, 0.05) is 47.9 Å². The zero-order valence-corrected chi connectivity index (χ0v) is 24.1. The molecule has 5 rings (SSSR count). The number of nitrogens with one attached hydrogen (secondary N) is 1. The van der Waals surface area contributed by atoms with Crippen LogP contribution >= 0.6 is 34.8 Å². The summed E-state index contributed by atoms with van der Waals surface area (Å²) in [5.41, 5.74) is 4.66. The van der Waals surface area contributed by atoms with Gasteiger partial charge in [-0.1, -0.05) is 34.8 Å². The highest BCUT2D eigenvalue weighted by atomic mass is 35.5. The largest absolute Gasteiger partial charge is 0.490 e. The van der Waals surface area contributed by atoms with Crippen molar-refractivity contribution in [3.8, 4) is 11.5 Å². The maximum absolute atomic E-state index is 6.47. The number of hydrogen-bond acceptors (Lipinski definition) is 8. The fourth-order valence-corrected chi connectivity index (χ4v) is 5.33. The van der Waals surface area contributed by atoms with E-state index >= 15 is 0 Å². The molecule has 2 aliphatic heterocycles. The van der Waals surface area contributed by atoms with Crippen molar-refractivity contribution >= 4 is 58.6 Å². The maximum atomic E-state index is 6.47. The molecule has 0 unspecified atom stereocenters. The summed E-state index contributed by atoms with van der Waals surface area (Å²) in [6, 6.07) is 10.9. The monoisotopic (exact) mass is 588 g/mol. The molecule has 8 nitrogen and oxygen atoms in total. The van der Waals surface area contributed by atoms with E-state index in [1.165, 1.54) is 12.8 Å². The van der Waals surface area contributed by atoms with E-state index in [2.05, 4.69) is 20.3 Å². The number of hydrogen-bond donors (Lipinski definition) is 1. The van der Waals surface area contributed by atoms with Crippen molar-refractivity contribution in [1.29, 1.82) is 0 Å². The second kappa shape index (κ2) is 12.9. The second-order valence-corrected chi connectivity index (χ2v) is 10.8. The third kappa shape index (κ3) is 7.18. The molecule has 3 aromatic rings. The molecule has 0 aliphatic carbocycles. The lowest BCUT2D eigenvalue weighted by Gasteiger charge is -2.21. The molecule has 0 amide bonds. The van der Waals surface area contributed by atoms with Crippen LogP contribution in [0.3, 0.4) is 0 Å². The van der Waals surface area contributed by atoms with Crippen molar-refractivity contribution in [1.82, 2.24) is 9.97 Å². The van der Waals surface area contributed by atoms with Crippen LogP contribution in [0.1, 0.15) is 36.8 Å². The molecule has 206 valence electrons. The van der Waals surface area contributed by atoms with Gasteiger partial charge in [0.1, 0.15) is 30.5 Å². The lowest BCUT2D eigenvalue weighted by atomic mass is 10.2. The molecule has 0 spiro atoms. The normalized spacial score (nSPS) is 15.4. The summed E-state index contributed by atoms with van der Waals surface area (Å²) in [6.45, 7) is 6.48. The van der Waals surface area contributed by atoms with Crippen LogP contribution in [0.4, 0.5) is 17.6 Å². The van der Waals surface area contributed by atoms with Gasteiger partial charge in [-0.05, 0) is 68.5 Å². The predicted octanol–water partition coefficient (Wildman–Crippen LogP) is 6.85. The highest BCUT2D eigenvalue weighted by Crippen LogP contribution is 2.32. The first-order chi connectivity index (χ1) is 19.0. The van der Waals surface area contributed by atoms with Gasteiger partial charge in [-0.15, -0.1) is 0 Å². The molecule has 2 fully saturated rings. The summed E-state index contributed by atoms with van der Waals surface area (Å²) >= 11 is 18.8. The van der Waals surface area contributed by atoms with Crippen molar-refractivity contribution in [3.63, 3.8) is 0 Å². The van der Waals surface area contributed by atoms with Crippen molar-refractivity contribution in [2.75, 3.05) is 54.6 Å². The smallest absolute Gasteiger partial charge is 0.229 e. The third-order valence-electron chi connectivity index (χ3n) is 6.67. The van der Waals surface area contributed by atoms with Crippen molar-refractivity contribution < 1.29 is 9.47 Å². The Bertz CT molecular complexity index is 1290. The highest BCUT2D eigenvalue weighted by Gasteiger charge is 2.20. The van der Waals surface area contributed by atoms with E-state index in [9.17, 15) is 0 Å². The Morgan fingerprint density at radius 3 is 2.33 bits per heavy atom. The summed E-state index contributed by atoms with van der Waals surface area (Å²) in [4.78, 5) is 14.1. The van der Waals surface area contributed by atoms with Gasteiger partial charge in [-0.25, -0.2) is 0 Å². The number of aryl methyl sites for hydroxylation is 1. The fourth-order valence-electron chi connectivity index (χ4n) is 4.65. The van der Waals surface area contributed by atoms with Gasteiger partial charge in [0.25, 0.3) is 0 Å². The van der Waals surface area contributed by atoms with Crippen LogP contribution in [0.25, 0.3) is 0 Å². The lowest BCUT2D eigenvalue weighted by Crippen LogP contribution is -2.24. The topological polar surface area (TPSA) is 75.1 Å². The van der Waals surface area contributed by atoms with Crippen LogP contribution in [0.2, 0.25) is 15.1 Å². The van der Waals surface area contributed by atoms with Gasteiger partial charge in [0.05, 0.1) is 11.2 Å². The average Bonchev–Trinajstić information content (AvgIpc) is 3.65. The fraction of sp³-hybridized carbons (Fsp3) is 0.393. The third-order valence-corrected chi connectivity index (χ3v) is 7.59. The minimum atomic E-state index is 0.279. The Balaban J connectivity index is 1.27. The maximum Gasteiger partial charge on any atom is 0.229 e. The molecule has 2 aliphatic rings. The number of ether oxygens (including phenoxy) is 2. The van der Waals surface area contributed by atoms with Crippen LogP contribution in [-0.4, -0.2) is 55.6 Å². The summed E-state index contributed by atoms with van der Waals surface area (Å²) < 4.78 is 11.8. The van der Waals surface area contributed by atoms with E-state index < -0.39 is 0 Å². The lowest BCUT2D eigenvalue weighted by molar-refractivity contribution is 0.217. The van der Waals surface area contributed by atoms with Gasteiger partial charge >= 0.3 is 0 Å². The number of hydrazone groups is 1. The first kappa shape index (κ1) is 27.6. The van der Waals surface area contributed by atoms with Crippen LogP contribution in [0, 0.1) is 6.92 Å². The zero-order chi connectivity index (χ0) is 27.2. The number of rotatable bonds is 10. The van der Waals surface area contributed by atoms with Gasteiger partial charge < -0.3 is 19.3 Å². The van der Waals surface area contributed by atoms with E-state index in [0.717, 1.165) is 62.1 Å². The molecule has 39 heavy (non-hydrogen) atoms. The molecule has 0 radical (unpaired) electrons. The zero-order valence-electron chi connectivity index (χ0n) is 21.8. The van der Waals surface area contributed by atoms with E-state index in [1.807, 2.05) is 31.2 Å². The summed E-state index contributed by atoms with van der Waals surface area (Å²) in [5, 5.41) is 6.01. The molecule has 11 heteroatoms. The van der Waals surface area contributed by atoms with E-state index in [1.54, 1.807) is 18.3 Å². The van der Waals surface area contributed by atoms with Crippen LogP contribution in [-0.2, 0) is 0 Å². The molecule has 0 atom stereocenters. The Morgan fingerprint density at radius 2 is 1.59 bits per heavy atom. The van der Waals surface area contributed by atoms with Crippen LogP contribution in [0.15, 0.2) is 41.5 Å². The molecule has 1 aromatic heterocycles. The van der Waals surface area contributed by atoms with Gasteiger partial charge in [-0.2, -0.15) is 15.1 Å². The molecule has 0 bridgehead atoms. The molecule has 1 N–H and O–H groups in total. The van der Waals surface area contributed by atoms with Crippen molar-refractivity contribution in [2.45, 2.75) is 32.6 Å². The molecule has 2 saturated heterocycles. The second-order valence-electron chi connectivity index (χ2n) is 9.58. The number of aromatic nitrogens is 2. The number of halogens is 3. The van der Waals surface area contributed by atoms with E-state index in [4.69, 9.17) is 54.2 Å². The van der Waals surface area contributed by atoms with E-state index in [0.29, 0.717) is 38.8 Å². The molecule has 3 heterocycles. The Morgan fingerprint density at radius 1 is 0.872 bits per heavy atom. The number of nitrogens with zero attached hydrogens (tertiary/aromatic N) is 5. The Kier molecular flexibility index (Phi) is 9.17. The molecular weight excluding hydrogens is 559 g/mol. The van der Waals surface area contributed by atoms with Gasteiger partial charge in [0.2, 0.25) is 5.95 Å². The minimum Gasteiger partial charge on any atom is -0.490 e. The van der Waals surface area contributed by atoms with Gasteiger partial charge in [-0.3, -0.25) is 5.43 Å². The molecular formula is C28H31Cl3N6O2. The standard InChI is InChI=1S/C28H31Cl3N6O2/c1-19-14-22(6-7-23(19)30)38-12-13-39-27-20(15-21(29)16-24(27)31)18-32-35-25-17-26(36-8-2-3-9-36)34-28(33-25)37-10-4-5-11-37/h6-7,14-18H,2-5,8-13H2,1H3,(H,33,34,35)/b32-18-. The summed E-state index contributed by atoms with van der Waals surface area (Å²) in [7, 11) is 0. The Hall–Kier alpha value is -2.94. The number of benzene rings is 2. The SMILES string of the molecule is Cc1cc(OCCOc2c(Cl)cc(Cl)cc2/C=N\Nc2cc(N3CCCC3)nc(N3CCCC3)n2)ccc1Cl. The summed E-state index contributed by atoms with van der Waals surface area (Å²) in [5.74, 6) is 3.49. The summed E-state index contributed by atoms with van der Waals surface area (Å²) in [6.07, 6.45) is 6.28. The van der Waals surface area contributed by atoms with Crippen molar-refractivity contribution in [2.24, 2.45) is 5.10 Å². The number of anilines is 3. The first-order valence-corrected chi connectivity index (χ1v) is 14.3. The van der Waals surface area contributed by atoms with Crippen LogP contribution < -0.4 is 24.7 Å². The first-order valence-electron chi connectivity index (χ1n) is 13.1.